The number of hydrogen-bond donors (Lipinski definition) is 0. The average Bonchev–Trinajstić information content (AvgIpc) is 2.65. The van der Waals surface area contributed by atoms with Gasteiger partial charge in [-0.15, -0.1) is 21.8 Å². The summed E-state index contributed by atoms with van der Waals surface area (Å²) in [6, 6.07) is 8.37. The highest BCUT2D eigenvalue weighted by Gasteiger charge is 2.02. The van der Waals surface area contributed by atoms with E-state index >= 15 is 0 Å². The molecule has 0 saturated carbocycles. The smallest absolute Gasteiger partial charge is 0.148 e. The molecule has 2 aromatic rings. The van der Waals surface area contributed by atoms with E-state index in [-0.39, 0.29) is 0 Å². The van der Waals surface area contributed by atoms with Crippen molar-refractivity contribution in [2.75, 3.05) is 0 Å². The molecule has 0 aliphatic carbocycles. The standard InChI is InChI=1S/C11H12ClN3/c1-9-3-2-4-10(5-9)7-15-8-13-14-11(15)6-12/h2-5,8H,6-7H2,1H3. The van der Waals surface area contributed by atoms with Crippen molar-refractivity contribution in [3.63, 3.8) is 0 Å². The van der Waals surface area contributed by atoms with Gasteiger partial charge in [0.05, 0.1) is 12.4 Å². The molecule has 4 heteroatoms. The Morgan fingerprint density at radius 1 is 1.40 bits per heavy atom. The number of hydrogen-bond acceptors (Lipinski definition) is 2. The van der Waals surface area contributed by atoms with Gasteiger partial charge in [-0.25, -0.2) is 0 Å². The van der Waals surface area contributed by atoms with Crippen LogP contribution in [0.4, 0.5) is 0 Å². The second-order valence-corrected chi connectivity index (χ2v) is 3.77. The highest BCUT2D eigenvalue weighted by Crippen LogP contribution is 2.08. The van der Waals surface area contributed by atoms with Crippen LogP contribution in [0.25, 0.3) is 0 Å². The van der Waals surface area contributed by atoms with Crippen LogP contribution in [0.5, 0.6) is 0 Å². The number of aromatic nitrogens is 3. The minimum Gasteiger partial charge on any atom is -0.312 e. The van der Waals surface area contributed by atoms with E-state index in [0.717, 1.165) is 12.4 Å². The van der Waals surface area contributed by atoms with E-state index < -0.39 is 0 Å². The minimum atomic E-state index is 0.395. The third-order valence-corrected chi connectivity index (χ3v) is 2.49. The first kappa shape index (κ1) is 10.2. The maximum absolute atomic E-state index is 5.75. The first-order chi connectivity index (χ1) is 7.29. The number of halogens is 1. The zero-order chi connectivity index (χ0) is 10.7. The second kappa shape index (κ2) is 4.45. The second-order valence-electron chi connectivity index (χ2n) is 3.50. The van der Waals surface area contributed by atoms with Crippen molar-refractivity contribution in [1.29, 1.82) is 0 Å². The fraction of sp³-hybridized carbons (Fsp3) is 0.273. The average molecular weight is 222 g/mol. The predicted molar refractivity (Wildman–Crippen MR) is 59.9 cm³/mol. The van der Waals surface area contributed by atoms with Gasteiger partial charge in [-0.2, -0.15) is 0 Å². The summed E-state index contributed by atoms with van der Waals surface area (Å²) < 4.78 is 1.96. The van der Waals surface area contributed by atoms with Gasteiger partial charge in [0, 0.05) is 0 Å². The Morgan fingerprint density at radius 3 is 3.00 bits per heavy atom. The number of rotatable bonds is 3. The minimum absolute atomic E-state index is 0.395. The Labute approximate surface area is 93.7 Å². The third kappa shape index (κ3) is 2.36. The van der Waals surface area contributed by atoms with Crippen molar-refractivity contribution >= 4 is 11.6 Å². The highest BCUT2D eigenvalue weighted by molar-refractivity contribution is 6.16. The molecule has 3 nitrogen and oxygen atoms in total. The van der Waals surface area contributed by atoms with Gasteiger partial charge in [-0.05, 0) is 12.5 Å². The van der Waals surface area contributed by atoms with Crippen molar-refractivity contribution in [2.45, 2.75) is 19.3 Å². The highest BCUT2D eigenvalue weighted by atomic mass is 35.5. The van der Waals surface area contributed by atoms with Crippen molar-refractivity contribution in [3.05, 3.63) is 47.5 Å². The summed E-state index contributed by atoms with van der Waals surface area (Å²) in [5.41, 5.74) is 2.49. The molecule has 15 heavy (non-hydrogen) atoms. The van der Waals surface area contributed by atoms with E-state index in [4.69, 9.17) is 11.6 Å². The SMILES string of the molecule is Cc1cccc(Cn2cnnc2CCl)c1. The van der Waals surface area contributed by atoms with E-state index in [1.165, 1.54) is 11.1 Å². The van der Waals surface area contributed by atoms with Crippen LogP contribution in [0.3, 0.4) is 0 Å². The lowest BCUT2D eigenvalue weighted by Gasteiger charge is -2.05. The molecule has 0 radical (unpaired) electrons. The summed E-state index contributed by atoms with van der Waals surface area (Å²) in [6.07, 6.45) is 1.71. The first-order valence-electron chi connectivity index (χ1n) is 4.78. The molecule has 0 amide bonds. The Morgan fingerprint density at radius 2 is 2.27 bits per heavy atom. The normalized spacial score (nSPS) is 10.5. The lowest BCUT2D eigenvalue weighted by Crippen LogP contribution is -2.02. The van der Waals surface area contributed by atoms with Gasteiger partial charge in [-0.1, -0.05) is 29.8 Å². The van der Waals surface area contributed by atoms with Gasteiger partial charge in [0.25, 0.3) is 0 Å². The first-order valence-corrected chi connectivity index (χ1v) is 5.31. The number of aryl methyl sites for hydroxylation is 1. The molecule has 0 spiro atoms. The molecule has 0 N–H and O–H groups in total. The Hall–Kier alpha value is -1.35. The lowest BCUT2D eigenvalue weighted by molar-refractivity contribution is 0.754. The van der Waals surface area contributed by atoms with Crippen LogP contribution in [0, 0.1) is 6.92 Å². The van der Waals surface area contributed by atoms with Gasteiger partial charge >= 0.3 is 0 Å². The largest absolute Gasteiger partial charge is 0.312 e. The topological polar surface area (TPSA) is 30.7 Å². The summed E-state index contributed by atoms with van der Waals surface area (Å²) in [5, 5.41) is 7.77. The van der Waals surface area contributed by atoms with E-state index in [1.807, 2.05) is 4.57 Å². The third-order valence-electron chi connectivity index (χ3n) is 2.25. The van der Waals surface area contributed by atoms with Crippen molar-refractivity contribution in [3.8, 4) is 0 Å². The van der Waals surface area contributed by atoms with Crippen LogP contribution in [-0.4, -0.2) is 14.8 Å². The summed E-state index contributed by atoms with van der Waals surface area (Å²) in [6.45, 7) is 2.86. The van der Waals surface area contributed by atoms with Crippen LogP contribution in [0.1, 0.15) is 17.0 Å². The zero-order valence-electron chi connectivity index (χ0n) is 8.52. The van der Waals surface area contributed by atoms with Crippen LogP contribution < -0.4 is 0 Å². The molecule has 0 fully saturated rings. The molecule has 1 heterocycles. The molecular weight excluding hydrogens is 210 g/mol. The van der Waals surface area contributed by atoms with Crippen LogP contribution >= 0.6 is 11.6 Å². The van der Waals surface area contributed by atoms with Crippen molar-refractivity contribution in [1.82, 2.24) is 14.8 Å². The number of alkyl halides is 1. The van der Waals surface area contributed by atoms with Gasteiger partial charge in [0.1, 0.15) is 12.2 Å². The maximum Gasteiger partial charge on any atom is 0.148 e. The van der Waals surface area contributed by atoms with Crippen LogP contribution in [0.15, 0.2) is 30.6 Å². The molecule has 0 bridgehead atoms. The fourth-order valence-electron chi connectivity index (χ4n) is 1.52. The summed E-state index contributed by atoms with van der Waals surface area (Å²) in [4.78, 5) is 0. The van der Waals surface area contributed by atoms with E-state index in [2.05, 4.69) is 41.4 Å². The molecule has 0 saturated heterocycles. The predicted octanol–water partition coefficient (Wildman–Crippen LogP) is 2.37. The van der Waals surface area contributed by atoms with Gasteiger partial charge < -0.3 is 4.57 Å². The molecule has 1 aromatic carbocycles. The van der Waals surface area contributed by atoms with Crippen molar-refractivity contribution in [2.24, 2.45) is 0 Å². The van der Waals surface area contributed by atoms with Crippen LogP contribution in [-0.2, 0) is 12.4 Å². The molecule has 0 atom stereocenters. The Kier molecular flexibility index (Phi) is 3.02. The zero-order valence-corrected chi connectivity index (χ0v) is 9.28. The molecule has 0 aliphatic heterocycles. The molecule has 2 rings (SSSR count). The van der Waals surface area contributed by atoms with E-state index in [0.29, 0.717) is 5.88 Å². The summed E-state index contributed by atoms with van der Waals surface area (Å²) in [7, 11) is 0. The van der Waals surface area contributed by atoms with Gasteiger partial charge in [0.15, 0.2) is 0 Å². The lowest BCUT2D eigenvalue weighted by atomic mass is 10.1. The fourth-order valence-corrected chi connectivity index (χ4v) is 1.73. The Bertz CT molecular complexity index is 451. The number of nitrogens with zero attached hydrogens (tertiary/aromatic N) is 3. The number of benzene rings is 1. The molecule has 78 valence electrons. The maximum atomic E-state index is 5.75. The summed E-state index contributed by atoms with van der Waals surface area (Å²) >= 11 is 5.75. The van der Waals surface area contributed by atoms with Gasteiger partial charge in [0.2, 0.25) is 0 Å². The van der Waals surface area contributed by atoms with Crippen LogP contribution in [0.2, 0.25) is 0 Å². The molecular formula is C11H12ClN3. The summed E-state index contributed by atoms with van der Waals surface area (Å²) in [5.74, 6) is 1.20. The van der Waals surface area contributed by atoms with E-state index in [1.54, 1.807) is 6.33 Å². The monoisotopic (exact) mass is 221 g/mol. The molecule has 1 aromatic heterocycles. The molecule has 0 unspecified atom stereocenters. The quantitative estimate of drug-likeness (QED) is 0.746. The van der Waals surface area contributed by atoms with Crippen molar-refractivity contribution < 1.29 is 0 Å². The van der Waals surface area contributed by atoms with E-state index in [9.17, 15) is 0 Å². The molecule has 0 aliphatic rings. The Balaban J connectivity index is 2.22. The van der Waals surface area contributed by atoms with Gasteiger partial charge in [-0.3, -0.25) is 0 Å².